The molecule has 0 amide bonds. The van der Waals surface area contributed by atoms with E-state index in [2.05, 4.69) is 0 Å². The fourth-order valence-corrected chi connectivity index (χ4v) is 1.99. The van der Waals surface area contributed by atoms with Gasteiger partial charge < -0.3 is 14.9 Å². The lowest BCUT2D eigenvalue weighted by Crippen LogP contribution is -2.20. The molecule has 0 bridgehead atoms. The molecular formula is C21H26O5. The summed E-state index contributed by atoms with van der Waals surface area (Å²) in [6.07, 6.45) is 1.67. The van der Waals surface area contributed by atoms with Gasteiger partial charge in [-0.2, -0.15) is 0 Å². The minimum Gasteiger partial charge on any atom is -0.421 e. The van der Waals surface area contributed by atoms with Crippen LogP contribution in [-0.4, -0.2) is 35.2 Å². The molecule has 0 aliphatic carbocycles. The molecule has 0 aliphatic rings. The maximum absolute atomic E-state index is 11.7. The summed E-state index contributed by atoms with van der Waals surface area (Å²) in [5.74, 6) is -1.15. The monoisotopic (exact) mass is 358 g/mol. The second-order valence-electron chi connectivity index (χ2n) is 6.55. The Morgan fingerprint density at radius 1 is 0.923 bits per heavy atom. The number of para-hydroxylation sites is 1. The fourth-order valence-electron chi connectivity index (χ4n) is 1.99. The van der Waals surface area contributed by atoms with Gasteiger partial charge in [0.1, 0.15) is 5.75 Å². The quantitative estimate of drug-likeness (QED) is 0.343. The van der Waals surface area contributed by atoms with Crippen LogP contribution < -0.4 is 4.74 Å². The first-order valence-corrected chi connectivity index (χ1v) is 8.48. The zero-order valence-corrected chi connectivity index (χ0v) is 15.2. The lowest BCUT2D eigenvalue weighted by Gasteiger charge is -2.20. The lowest BCUT2D eigenvalue weighted by atomic mass is 9.89. The maximum Gasteiger partial charge on any atom is 0.385 e. The number of carbonyl (C=O) groups is 2. The highest BCUT2D eigenvalue weighted by Gasteiger charge is 2.18. The van der Waals surface area contributed by atoms with Gasteiger partial charge in [0.15, 0.2) is 0 Å². The van der Waals surface area contributed by atoms with E-state index >= 15 is 0 Å². The Labute approximate surface area is 154 Å². The van der Waals surface area contributed by atoms with E-state index in [4.69, 9.17) is 14.9 Å². The molecule has 0 aliphatic heterocycles. The van der Waals surface area contributed by atoms with E-state index in [0.29, 0.717) is 11.3 Å². The van der Waals surface area contributed by atoms with Crippen molar-refractivity contribution in [2.24, 2.45) is 5.41 Å². The summed E-state index contributed by atoms with van der Waals surface area (Å²) in [4.78, 5) is 23.2. The van der Waals surface area contributed by atoms with Crippen molar-refractivity contribution in [1.82, 2.24) is 0 Å². The van der Waals surface area contributed by atoms with Crippen LogP contribution in [0, 0.1) is 5.41 Å². The SMILES string of the molecule is CC(C)(CO)CCCO.O=C(Oc1ccccc1)C(=O)c1ccccc1. The van der Waals surface area contributed by atoms with Gasteiger partial charge in [0.25, 0.3) is 5.78 Å². The minimum absolute atomic E-state index is 0.0112. The highest BCUT2D eigenvalue weighted by Crippen LogP contribution is 2.20. The normalized spacial score (nSPS) is 10.5. The third kappa shape index (κ3) is 8.05. The average Bonchev–Trinajstić information content (AvgIpc) is 2.68. The van der Waals surface area contributed by atoms with Crippen LogP contribution in [0.3, 0.4) is 0 Å². The predicted molar refractivity (Wildman–Crippen MR) is 100 cm³/mol. The predicted octanol–water partition coefficient (Wildman–Crippen LogP) is 3.25. The smallest absolute Gasteiger partial charge is 0.385 e. The minimum atomic E-state index is -0.873. The molecular weight excluding hydrogens is 332 g/mol. The number of esters is 1. The zero-order chi connectivity index (χ0) is 19.4. The highest BCUT2D eigenvalue weighted by molar-refractivity contribution is 6.41. The summed E-state index contributed by atoms with van der Waals surface area (Å²) < 4.78 is 4.94. The number of rotatable bonds is 7. The second-order valence-corrected chi connectivity index (χ2v) is 6.55. The number of carbonyl (C=O) groups excluding carboxylic acids is 2. The van der Waals surface area contributed by atoms with Crippen molar-refractivity contribution in [2.45, 2.75) is 26.7 Å². The van der Waals surface area contributed by atoms with Gasteiger partial charge in [0.2, 0.25) is 0 Å². The van der Waals surface area contributed by atoms with Crippen LogP contribution in [0.1, 0.15) is 37.0 Å². The molecule has 0 heterocycles. The van der Waals surface area contributed by atoms with Gasteiger partial charge >= 0.3 is 5.97 Å². The van der Waals surface area contributed by atoms with Crippen molar-refractivity contribution >= 4 is 11.8 Å². The molecule has 0 aromatic heterocycles. The van der Waals surface area contributed by atoms with Crippen LogP contribution in [0.2, 0.25) is 0 Å². The van der Waals surface area contributed by atoms with Gasteiger partial charge in [-0.15, -0.1) is 0 Å². The Bertz CT molecular complexity index is 665. The molecule has 140 valence electrons. The number of hydrogen-bond acceptors (Lipinski definition) is 5. The maximum atomic E-state index is 11.7. The van der Waals surface area contributed by atoms with E-state index in [1.165, 1.54) is 0 Å². The molecule has 0 spiro atoms. The molecule has 0 radical (unpaired) electrons. The summed E-state index contributed by atoms with van der Waals surface area (Å²) in [7, 11) is 0. The Morgan fingerprint density at radius 3 is 1.96 bits per heavy atom. The van der Waals surface area contributed by atoms with E-state index < -0.39 is 11.8 Å². The Balaban J connectivity index is 0.000000321. The molecule has 0 saturated carbocycles. The van der Waals surface area contributed by atoms with Crippen molar-refractivity contribution in [2.75, 3.05) is 13.2 Å². The van der Waals surface area contributed by atoms with Crippen LogP contribution in [0.25, 0.3) is 0 Å². The van der Waals surface area contributed by atoms with E-state index in [1.54, 1.807) is 60.7 Å². The Morgan fingerprint density at radius 2 is 1.46 bits per heavy atom. The fraction of sp³-hybridized carbons (Fsp3) is 0.333. The van der Waals surface area contributed by atoms with Gasteiger partial charge in [-0.3, -0.25) is 4.79 Å². The van der Waals surface area contributed by atoms with Gasteiger partial charge in [0, 0.05) is 18.8 Å². The van der Waals surface area contributed by atoms with Crippen LogP contribution >= 0.6 is 0 Å². The van der Waals surface area contributed by atoms with E-state index in [-0.39, 0.29) is 18.6 Å². The zero-order valence-electron chi connectivity index (χ0n) is 15.2. The van der Waals surface area contributed by atoms with Crippen molar-refractivity contribution < 1.29 is 24.5 Å². The second kappa shape index (κ2) is 11.2. The van der Waals surface area contributed by atoms with Gasteiger partial charge in [0.05, 0.1) is 0 Å². The standard InChI is InChI=1S/C14H10O3.C7H16O2/c15-13(11-7-3-1-4-8-11)14(16)17-12-9-5-2-6-10-12;1-7(2,6-9)4-3-5-8/h1-10H;8-9H,3-6H2,1-2H3. The van der Waals surface area contributed by atoms with Gasteiger partial charge in [-0.25, -0.2) is 4.79 Å². The first kappa shape index (κ1) is 21.5. The molecule has 2 rings (SSSR count). The number of benzene rings is 2. The molecule has 2 aromatic rings. The molecule has 26 heavy (non-hydrogen) atoms. The number of Topliss-reactive ketones (excluding diaryl/α,β-unsaturated/α-hetero) is 1. The molecule has 0 unspecified atom stereocenters. The van der Waals surface area contributed by atoms with Crippen molar-refractivity contribution in [3.05, 3.63) is 66.2 Å². The molecule has 5 heteroatoms. The van der Waals surface area contributed by atoms with Gasteiger partial charge in [-0.05, 0) is 30.4 Å². The number of ether oxygens (including phenoxy) is 1. The molecule has 0 saturated heterocycles. The number of aliphatic hydroxyl groups is 2. The molecule has 2 N–H and O–H groups in total. The molecule has 5 nitrogen and oxygen atoms in total. The summed E-state index contributed by atoms with van der Waals surface area (Å²) >= 11 is 0. The lowest BCUT2D eigenvalue weighted by molar-refractivity contribution is -0.129. The third-order valence-electron chi connectivity index (χ3n) is 3.61. The highest BCUT2D eigenvalue weighted by atomic mass is 16.5. The van der Waals surface area contributed by atoms with Crippen LogP contribution in [0.5, 0.6) is 5.75 Å². The Hall–Kier alpha value is -2.50. The molecule has 2 aromatic carbocycles. The van der Waals surface area contributed by atoms with Crippen molar-refractivity contribution in [1.29, 1.82) is 0 Å². The number of aliphatic hydroxyl groups excluding tert-OH is 2. The molecule has 0 atom stereocenters. The Kier molecular flexibility index (Phi) is 9.26. The van der Waals surface area contributed by atoms with Crippen LogP contribution in [0.15, 0.2) is 60.7 Å². The third-order valence-corrected chi connectivity index (χ3v) is 3.61. The first-order valence-electron chi connectivity index (χ1n) is 8.48. The van der Waals surface area contributed by atoms with E-state index in [9.17, 15) is 9.59 Å². The van der Waals surface area contributed by atoms with Gasteiger partial charge in [-0.1, -0.05) is 62.4 Å². The van der Waals surface area contributed by atoms with Crippen LogP contribution in [-0.2, 0) is 4.79 Å². The summed E-state index contributed by atoms with van der Waals surface area (Å²) in [5, 5.41) is 17.2. The number of hydrogen-bond donors (Lipinski definition) is 2. The largest absolute Gasteiger partial charge is 0.421 e. The number of ketones is 1. The van der Waals surface area contributed by atoms with E-state index in [0.717, 1.165) is 12.8 Å². The van der Waals surface area contributed by atoms with Crippen molar-refractivity contribution in [3.63, 3.8) is 0 Å². The van der Waals surface area contributed by atoms with Crippen molar-refractivity contribution in [3.8, 4) is 5.75 Å². The summed E-state index contributed by atoms with van der Waals surface area (Å²) in [6.45, 7) is 4.40. The summed E-state index contributed by atoms with van der Waals surface area (Å²) in [6, 6.07) is 16.8. The topological polar surface area (TPSA) is 83.8 Å². The van der Waals surface area contributed by atoms with Crippen LogP contribution in [0.4, 0.5) is 0 Å². The average molecular weight is 358 g/mol. The first-order chi connectivity index (χ1) is 12.4. The molecule has 0 fully saturated rings. The summed E-state index contributed by atoms with van der Waals surface area (Å²) in [5.41, 5.74) is 0.316. The van der Waals surface area contributed by atoms with E-state index in [1.807, 2.05) is 13.8 Å².